The van der Waals surface area contributed by atoms with Crippen LogP contribution in [0.25, 0.3) is 0 Å². The molecule has 2 N–H and O–H groups in total. The lowest BCUT2D eigenvalue weighted by atomic mass is 10.1. The molecule has 1 aliphatic rings. The Kier molecular flexibility index (Phi) is 7.19. The average Bonchev–Trinajstić information content (AvgIpc) is 3.60. The van der Waals surface area contributed by atoms with Crippen LogP contribution in [0, 0.1) is 5.82 Å². The molecular weight excluding hydrogens is 445 g/mol. The number of nitrogens with zero attached hydrogens (tertiary/aromatic N) is 1. The highest BCUT2D eigenvalue weighted by Crippen LogP contribution is 2.29. The molecule has 2 aromatic heterocycles. The zero-order valence-corrected chi connectivity index (χ0v) is 18.6. The van der Waals surface area contributed by atoms with Crippen molar-refractivity contribution >= 4 is 34.7 Å². The summed E-state index contributed by atoms with van der Waals surface area (Å²) in [6.07, 6.45) is 5.24. The summed E-state index contributed by atoms with van der Waals surface area (Å²) in [5, 5.41) is 7.39. The molecule has 4 rings (SSSR count). The van der Waals surface area contributed by atoms with Gasteiger partial charge in [0.1, 0.15) is 11.6 Å². The van der Waals surface area contributed by atoms with E-state index in [0.29, 0.717) is 10.6 Å². The highest BCUT2D eigenvalue weighted by Gasteiger charge is 2.36. The number of hydrogen-bond donors (Lipinski definition) is 2. The second kappa shape index (κ2) is 10.4. The molecule has 33 heavy (non-hydrogen) atoms. The summed E-state index contributed by atoms with van der Waals surface area (Å²) in [5.41, 5.74) is 0.315. The van der Waals surface area contributed by atoms with E-state index in [4.69, 9.17) is 4.42 Å². The number of amides is 3. The second-order valence-electron chi connectivity index (χ2n) is 7.81. The predicted octanol–water partition coefficient (Wildman–Crippen LogP) is 4.04. The topological polar surface area (TPSA) is 91.7 Å². The molecular formula is C24H24FN3O4S. The Morgan fingerprint density at radius 1 is 1.09 bits per heavy atom. The van der Waals surface area contributed by atoms with E-state index in [1.165, 1.54) is 46.8 Å². The summed E-state index contributed by atoms with van der Waals surface area (Å²) < 4.78 is 19.1. The van der Waals surface area contributed by atoms with E-state index in [0.717, 1.165) is 25.7 Å². The zero-order valence-electron chi connectivity index (χ0n) is 17.8. The maximum absolute atomic E-state index is 13.6. The second-order valence-corrected chi connectivity index (χ2v) is 8.76. The maximum Gasteiger partial charge on any atom is 0.261 e. The van der Waals surface area contributed by atoms with Gasteiger partial charge < -0.3 is 15.1 Å². The number of hydrogen-bond acceptors (Lipinski definition) is 5. The number of halogens is 1. The van der Waals surface area contributed by atoms with Gasteiger partial charge in [-0.1, -0.05) is 18.9 Å². The van der Waals surface area contributed by atoms with Crippen LogP contribution in [0.5, 0.6) is 0 Å². The number of rotatable bonds is 8. The van der Waals surface area contributed by atoms with Crippen LogP contribution in [0.1, 0.15) is 47.2 Å². The minimum atomic E-state index is -1.11. The van der Waals surface area contributed by atoms with Crippen molar-refractivity contribution in [2.75, 3.05) is 11.4 Å². The van der Waals surface area contributed by atoms with E-state index >= 15 is 0 Å². The Labute approximate surface area is 194 Å². The fourth-order valence-electron chi connectivity index (χ4n) is 3.95. The van der Waals surface area contributed by atoms with E-state index in [2.05, 4.69) is 10.6 Å². The largest absolute Gasteiger partial charge is 0.467 e. The number of anilines is 1. The SMILES string of the molecule is O=C(NCC(=O)N(c1ccc(F)cc1)C(C(=O)NC1CCCC1)c1ccco1)c1cccs1. The standard InChI is InChI=1S/C24H24FN3O4S/c25-16-9-11-18(12-10-16)28(21(29)15-26-23(30)20-8-4-14-33-20)22(19-7-3-13-32-19)24(31)27-17-5-1-2-6-17/h3-4,7-14,17,22H,1-2,5-6,15H2,(H,26,30)(H,27,31). The number of nitrogens with one attached hydrogen (secondary N) is 2. The van der Waals surface area contributed by atoms with Gasteiger partial charge in [-0.2, -0.15) is 0 Å². The summed E-state index contributed by atoms with van der Waals surface area (Å²) >= 11 is 1.26. The Bertz CT molecular complexity index is 1080. The van der Waals surface area contributed by atoms with E-state index < -0.39 is 17.8 Å². The van der Waals surface area contributed by atoms with Gasteiger partial charge in [-0.15, -0.1) is 11.3 Å². The molecule has 9 heteroatoms. The van der Waals surface area contributed by atoms with Crippen molar-refractivity contribution in [2.45, 2.75) is 37.8 Å². The van der Waals surface area contributed by atoms with Crippen molar-refractivity contribution in [3.63, 3.8) is 0 Å². The van der Waals surface area contributed by atoms with Gasteiger partial charge in [0, 0.05) is 11.7 Å². The zero-order chi connectivity index (χ0) is 23.2. The minimum absolute atomic E-state index is 0.0265. The van der Waals surface area contributed by atoms with Crippen molar-refractivity contribution in [3.05, 3.63) is 76.6 Å². The maximum atomic E-state index is 13.6. The summed E-state index contributed by atoms with van der Waals surface area (Å²) in [6.45, 7) is -0.345. The van der Waals surface area contributed by atoms with Crippen molar-refractivity contribution < 1.29 is 23.2 Å². The van der Waals surface area contributed by atoms with Crippen LogP contribution in [0.2, 0.25) is 0 Å². The van der Waals surface area contributed by atoms with Gasteiger partial charge in [-0.05, 0) is 60.7 Å². The number of benzene rings is 1. The van der Waals surface area contributed by atoms with Gasteiger partial charge in [0.2, 0.25) is 5.91 Å². The summed E-state index contributed by atoms with van der Waals surface area (Å²) in [6, 6.07) is 10.8. The van der Waals surface area contributed by atoms with Crippen LogP contribution in [-0.2, 0) is 9.59 Å². The lowest BCUT2D eigenvalue weighted by molar-refractivity contribution is -0.127. The fraction of sp³-hybridized carbons (Fsp3) is 0.292. The first-order valence-electron chi connectivity index (χ1n) is 10.8. The molecule has 172 valence electrons. The lowest BCUT2D eigenvalue weighted by Crippen LogP contribution is -2.49. The van der Waals surface area contributed by atoms with Gasteiger partial charge >= 0.3 is 0 Å². The molecule has 3 amide bonds. The van der Waals surface area contributed by atoms with Crippen molar-refractivity contribution in [1.82, 2.24) is 10.6 Å². The Morgan fingerprint density at radius 3 is 2.48 bits per heavy atom. The van der Waals surface area contributed by atoms with Crippen LogP contribution in [-0.4, -0.2) is 30.3 Å². The number of carbonyl (C=O) groups excluding carboxylic acids is 3. The number of thiophene rings is 1. The first kappa shape index (κ1) is 22.7. The highest BCUT2D eigenvalue weighted by atomic mass is 32.1. The van der Waals surface area contributed by atoms with Gasteiger partial charge in [-0.25, -0.2) is 4.39 Å². The number of furan rings is 1. The lowest BCUT2D eigenvalue weighted by Gasteiger charge is -2.31. The minimum Gasteiger partial charge on any atom is -0.467 e. The molecule has 1 aromatic carbocycles. The summed E-state index contributed by atoms with van der Waals surface area (Å²) in [5.74, 6) is -1.51. The Balaban J connectivity index is 1.63. The molecule has 1 fully saturated rings. The molecule has 7 nitrogen and oxygen atoms in total. The van der Waals surface area contributed by atoms with Crippen molar-refractivity contribution in [2.24, 2.45) is 0 Å². The van der Waals surface area contributed by atoms with Gasteiger partial charge in [-0.3, -0.25) is 19.3 Å². The molecule has 0 saturated heterocycles. The molecule has 2 heterocycles. The summed E-state index contributed by atoms with van der Waals surface area (Å²) in [7, 11) is 0. The van der Waals surface area contributed by atoms with E-state index in [1.807, 2.05) is 0 Å². The van der Waals surface area contributed by atoms with Crippen molar-refractivity contribution in [3.8, 4) is 0 Å². The molecule has 0 spiro atoms. The number of carbonyl (C=O) groups is 3. The molecule has 0 bridgehead atoms. The smallest absolute Gasteiger partial charge is 0.261 e. The third-order valence-electron chi connectivity index (χ3n) is 5.54. The average molecular weight is 470 g/mol. The monoisotopic (exact) mass is 469 g/mol. The Morgan fingerprint density at radius 2 is 1.85 bits per heavy atom. The van der Waals surface area contributed by atoms with E-state index in [1.54, 1.807) is 29.6 Å². The third kappa shape index (κ3) is 5.48. The van der Waals surface area contributed by atoms with Crippen LogP contribution in [0.15, 0.2) is 64.6 Å². The normalized spacial score (nSPS) is 14.6. The van der Waals surface area contributed by atoms with E-state index in [-0.39, 0.29) is 30.2 Å². The third-order valence-corrected chi connectivity index (χ3v) is 6.41. The molecule has 1 atom stereocenters. The molecule has 0 aliphatic heterocycles. The molecule has 1 saturated carbocycles. The molecule has 0 radical (unpaired) electrons. The van der Waals surface area contributed by atoms with Gasteiger partial charge in [0.15, 0.2) is 6.04 Å². The predicted molar refractivity (Wildman–Crippen MR) is 122 cm³/mol. The van der Waals surface area contributed by atoms with Crippen LogP contribution >= 0.6 is 11.3 Å². The van der Waals surface area contributed by atoms with Gasteiger partial charge in [0.25, 0.3) is 11.8 Å². The molecule has 1 aliphatic carbocycles. The first-order valence-corrected chi connectivity index (χ1v) is 11.6. The van der Waals surface area contributed by atoms with Gasteiger partial charge in [0.05, 0.1) is 17.7 Å². The van der Waals surface area contributed by atoms with Crippen LogP contribution < -0.4 is 15.5 Å². The van der Waals surface area contributed by atoms with Crippen LogP contribution in [0.3, 0.4) is 0 Å². The van der Waals surface area contributed by atoms with Crippen molar-refractivity contribution in [1.29, 1.82) is 0 Å². The quantitative estimate of drug-likeness (QED) is 0.521. The van der Waals surface area contributed by atoms with Crippen LogP contribution in [0.4, 0.5) is 10.1 Å². The van der Waals surface area contributed by atoms with E-state index in [9.17, 15) is 18.8 Å². The molecule has 1 unspecified atom stereocenters. The highest BCUT2D eigenvalue weighted by molar-refractivity contribution is 7.12. The summed E-state index contributed by atoms with van der Waals surface area (Å²) in [4.78, 5) is 40.8. The fourth-order valence-corrected chi connectivity index (χ4v) is 4.59. The first-order chi connectivity index (χ1) is 16.0. The molecule has 3 aromatic rings. The Hall–Kier alpha value is -3.46.